The Balaban J connectivity index is 1.71. The van der Waals surface area contributed by atoms with Crippen LogP contribution in [0.15, 0.2) is 97.2 Å². The molecule has 4 nitrogen and oxygen atoms in total. The van der Waals surface area contributed by atoms with E-state index in [1.165, 1.54) is 0 Å². The van der Waals surface area contributed by atoms with Crippen LogP contribution in [0.1, 0.15) is 0 Å². The van der Waals surface area contributed by atoms with E-state index in [4.69, 9.17) is 9.97 Å². The van der Waals surface area contributed by atoms with E-state index >= 15 is 0 Å². The van der Waals surface area contributed by atoms with Crippen LogP contribution in [0, 0.1) is 0 Å². The third kappa shape index (κ3) is 2.43. The summed E-state index contributed by atoms with van der Waals surface area (Å²) in [6.07, 6.45) is 1.77. The van der Waals surface area contributed by atoms with Gasteiger partial charge in [0, 0.05) is 17.4 Å². The van der Waals surface area contributed by atoms with Crippen LogP contribution in [0.3, 0.4) is 0 Å². The van der Waals surface area contributed by atoms with Crippen molar-refractivity contribution >= 4 is 28.0 Å². The molecule has 2 aromatic heterocycles. The molecule has 0 amide bonds. The lowest BCUT2D eigenvalue weighted by atomic mass is 9.96. The van der Waals surface area contributed by atoms with Crippen LogP contribution < -0.4 is 4.90 Å². The van der Waals surface area contributed by atoms with Crippen LogP contribution in [0.5, 0.6) is 0 Å². The molecule has 0 unspecified atom stereocenters. The fourth-order valence-corrected chi connectivity index (χ4v) is 4.01. The van der Waals surface area contributed by atoms with Gasteiger partial charge in [-0.25, -0.2) is 9.97 Å². The average molecular weight is 372 g/mol. The van der Waals surface area contributed by atoms with E-state index in [1.807, 2.05) is 30.3 Å². The predicted octanol–water partition coefficient (Wildman–Crippen LogP) is 6.14. The molecule has 0 aliphatic carbocycles. The zero-order valence-electron chi connectivity index (χ0n) is 15.5. The average Bonchev–Trinajstić information content (AvgIpc) is 2.80. The van der Waals surface area contributed by atoms with Gasteiger partial charge in [0.05, 0.1) is 28.0 Å². The highest BCUT2D eigenvalue weighted by molar-refractivity contribution is 6.11. The Morgan fingerprint density at radius 3 is 2.28 bits per heavy atom. The largest absolute Gasteiger partial charge is 0.309 e. The highest BCUT2D eigenvalue weighted by Crippen LogP contribution is 2.49. The predicted molar refractivity (Wildman–Crippen MR) is 116 cm³/mol. The van der Waals surface area contributed by atoms with Gasteiger partial charge in [0.1, 0.15) is 5.69 Å². The molecular formula is C25H16N4. The fraction of sp³-hybridized carbons (Fsp3) is 0. The Hall–Kier alpha value is -4.05. The van der Waals surface area contributed by atoms with Crippen molar-refractivity contribution in [3.8, 4) is 22.8 Å². The molecule has 1 aliphatic rings. The van der Waals surface area contributed by atoms with E-state index in [0.717, 1.165) is 44.9 Å². The molecule has 0 radical (unpaired) electrons. The standard InChI is InChI=1S/C25H16N4/c1-2-9-17(10-3-1)29-21-14-5-4-11-18(21)24-23-19(13-8-15-22(23)29)27-25(28-24)20-12-6-7-16-26-20/h1-16H. The van der Waals surface area contributed by atoms with Crippen LogP contribution in [0.4, 0.5) is 17.1 Å². The minimum absolute atomic E-state index is 0.646. The summed E-state index contributed by atoms with van der Waals surface area (Å²) in [7, 11) is 0. The molecule has 0 saturated carbocycles. The molecule has 0 bridgehead atoms. The first-order valence-corrected chi connectivity index (χ1v) is 9.57. The topological polar surface area (TPSA) is 41.9 Å². The molecule has 0 N–H and O–H groups in total. The van der Waals surface area contributed by atoms with Crippen molar-refractivity contribution in [2.45, 2.75) is 0 Å². The van der Waals surface area contributed by atoms with Gasteiger partial charge in [0.25, 0.3) is 0 Å². The first-order valence-electron chi connectivity index (χ1n) is 9.57. The number of pyridine rings is 1. The molecule has 6 rings (SSSR count). The molecule has 4 heteroatoms. The van der Waals surface area contributed by atoms with E-state index in [-0.39, 0.29) is 0 Å². The van der Waals surface area contributed by atoms with Gasteiger partial charge in [-0.3, -0.25) is 4.98 Å². The number of fused-ring (bicyclic) bond motifs is 2. The van der Waals surface area contributed by atoms with Crippen molar-refractivity contribution in [3.63, 3.8) is 0 Å². The Labute approximate surface area is 168 Å². The summed E-state index contributed by atoms with van der Waals surface area (Å²) in [5.41, 5.74) is 7.07. The monoisotopic (exact) mass is 372 g/mol. The summed E-state index contributed by atoms with van der Waals surface area (Å²) < 4.78 is 0. The molecule has 0 spiro atoms. The number of benzene rings is 3. The zero-order chi connectivity index (χ0) is 19.2. The van der Waals surface area contributed by atoms with Gasteiger partial charge in [0.2, 0.25) is 0 Å². The van der Waals surface area contributed by atoms with Gasteiger partial charge >= 0.3 is 0 Å². The van der Waals surface area contributed by atoms with Gasteiger partial charge in [-0.05, 0) is 42.5 Å². The maximum atomic E-state index is 4.97. The number of para-hydroxylation sites is 2. The van der Waals surface area contributed by atoms with E-state index in [9.17, 15) is 0 Å². The SMILES string of the molecule is c1ccc(N2c3ccccc3-c3nc(-c4ccccn4)nc4cccc2c34)cc1. The maximum Gasteiger partial charge on any atom is 0.179 e. The van der Waals surface area contributed by atoms with Crippen molar-refractivity contribution in [2.24, 2.45) is 0 Å². The first kappa shape index (κ1) is 16.0. The molecule has 1 aliphatic heterocycles. The minimum Gasteiger partial charge on any atom is -0.309 e. The smallest absolute Gasteiger partial charge is 0.179 e. The summed E-state index contributed by atoms with van der Waals surface area (Å²) in [4.78, 5) is 16.6. The normalized spacial score (nSPS) is 12.1. The van der Waals surface area contributed by atoms with Crippen LogP contribution in [0.25, 0.3) is 33.7 Å². The van der Waals surface area contributed by atoms with E-state index < -0.39 is 0 Å². The Kier molecular flexibility index (Phi) is 3.43. The highest BCUT2D eigenvalue weighted by atomic mass is 15.2. The van der Waals surface area contributed by atoms with Crippen molar-refractivity contribution in [2.75, 3.05) is 4.90 Å². The van der Waals surface area contributed by atoms with Crippen molar-refractivity contribution in [1.29, 1.82) is 0 Å². The summed E-state index contributed by atoms with van der Waals surface area (Å²) in [6.45, 7) is 0. The van der Waals surface area contributed by atoms with Crippen LogP contribution in [-0.2, 0) is 0 Å². The molecule has 136 valence electrons. The molecule has 29 heavy (non-hydrogen) atoms. The van der Waals surface area contributed by atoms with Gasteiger partial charge in [-0.15, -0.1) is 0 Å². The second-order valence-corrected chi connectivity index (χ2v) is 6.97. The summed E-state index contributed by atoms with van der Waals surface area (Å²) in [6, 6.07) is 30.9. The second kappa shape index (κ2) is 6.24. The van der Waals surface area contributed by atoms with Gasteiger partial charge in [-0.1, -0.05) is 48.5 Å². The second-order valence-electron chi connectivity index (χ2n) is 6.97. The van der Waals surface area contributed by atoms with Gasteiger partial charge in [0.15, 0.2) is 5.82 Å². The van der Waals surface area contributed by atoms with Crippen LogP contribution in [0.2, 0.25) is 0 Å². The third-order valence-electron chi connectivity index (χ3n) is 5.25. The lowest BCUT2D eigenvalue weighted by Gasteiger charge is -2.32. The number of hydrogen-bond donors (Lipinski definition) is 0. The lowest BCUT2D eigenvalue weighted by molar-refractivity contribution is 1.16. The molecule has 5 aromatic rings. The Morgan fingerprint density at radius 2 is 1.41 bits per heavy atom. The third-order valence-corrected chi connectivity index (χ3v) is 5.25. The number of rotatable bonds is 2. The molecule has 0 atom stereocenters. The van der Waals surface area contributed by atoms with Gasteiger partial charge < -0.3 is 4.90 Å². The van der Waals surface area contributed by atoms with E-state index in [0.29, 0.717) is 5.82 Å². The minimum atomic E-state index is 0.646. The van der Waals surface area contributed by atoms with Crippen molar-refractivity contribution < 1.29 is 0 Å². The lowest BCUT2D eigenvalue weighted by Crippen LogP contribution is -2.16. The maximum absolute atomic E-state index is 4.97. The quantitative estimate of drug-likeness (QED) is 0.366. The fourth-order valence-electron chi connectivity index (χ4n) is 4.01. The van der Waals surface area contributed by atoms with Crippen molar-refractivity contribution in [3.05, 3.63) is 97.2 Å². The van der Waals surface area contributed by atoms with E-state index in [1.54, 1.807) is 6.20 Å². The van der Waals surface area contributed by atoms with Crippen LogP contribution >= 0.6 is 0 Å². The molecule has 0 fully saturated rings. The Morgan fingerprint density at radius 1 is 0.621 bits per heavy atom. The van der Waals surface area contributed by atoms with Gasteiger partial charge in [-0.2, -0.15) is 0 Å². The zero-order valence-corrected chi connectivity index (χ0v) is 15.5. The molecule has 3 heterocycles. The van der Waals surface area contributed by atoms with E-state index in [2.05, 4.69) is 70.5 Å². The highest BCUT2D eigenvalue weighted by Gasteiger charge is 2.27. The molecule has 3 aromatic carbocycles. The first-order chi connectivity index (χ1) is 14.4. The van der Waals surface area contributed by atoms with Crippen molar-refractivity contribution in [1.82, 2.24) is 15.0 Å². The number of hydrogen-bond acceptors (Lipinski definition) is 4. The summed E-state index contributed by atoms with van der Waals surface area (Å²) >= 11 is 0. The number of aromatic nitrogens is 3. The van der Waals surface area contributed by atoms with Crippen LogP contribution in [-0.4, -0.2) is 15.0 Å². The Bertz CT molecular complexity index is 1350. The number of anilines is 3. The number of nitrogens with zero attached hydrogens (tertiary/aromatic N) is 4. The summed E-state index contributed by atoms with van der Waals surface area (Å²) in [5, 5.41) is 1.06. The summed E-state index contributed by atoms with van der Waals surface area (Å²) in [5.74, 6) is 0.646. The molecule has 0 saturated heterocycles. The molecular weight excluding hydrogens is 356 g/mol.